The number of rotatable bonds is 4. The van der Waals surface area contributed by atoms with Gasteiger partial charge in [0.15, 0.2) is 0 Å². The molecule has 0 fully saturated rings. The molecule has 1 amide bonds. The Hall–Kier alpha value is -2.18. The number of carbonyl (C=O) groups is 1. The largest absolute Gasteiger partial charge is 0.409 e. The summed E-state index contributed by atoms with van der Waals surface area (Å²) >= 11 is 0. The number of carbonyl (C=O) groups excluding carboxylic acids is 1. The van der Waals surface area contributed by atoms with Crippen molar-refractivity contribution in [2.45, 2.75) is 6.42 Å². The number of amidine groups is 1. The predicted molar refractivity (Wildman–Crippen MR) is 52.4 cm³/mol. The second-order valence-corrected chi connectivity index (χ2v) is 2.73. The quantitative estimate of drug-likeness (QED) is 0.264. The maximum atomic E-state index is 11.4. The van der Waals surface area contributed by atoms with Gasteiger partial charge in [0.2, 0.25) is 0 Å². The topological polar surface area (TPSA) is 113 Å². The van der Waals surface area contributed by atoms with Crippen molar-refractivity contribution in [3.05, 3.63) is 24.0 Å². The lowest BCUT2D eigenvalue weighted by Crippen LogP contribution is -2.28. The van der Waals surface area contributed by atoms with E-state index < -0.39 is 0 Å². The zero-order valence-electron chi connectivity index (χ0n) is 7.92. The number of oxime groups is 1. The molecular formula is C8H11N5O2. The molecule has 0 radical (unpaired) electrons. The van der Waals surface area contributed by atoms with E-state index in [1.54, 1.807) is 6.07 Å². The number of aromatic nitrogens is 2. The van der Waals surface area contributed by atoms with Crippen molar-refractivity contribution in [3.63, 3.8) is 0 Å². The molecule has 80 valence electrons. The summed E-state index contributed by atoms with van der Waals surface area (Å²) in [4.78, 5) is 11.4. The van der Waals surface area contributed by atoms with Crippen molar-refractivity contribution in [2.75, 3.05) is 6.54 Å². The highest BCUT2D eigenvalue weighted by atomic mass is 16.4. The Morgan fingerprint density at radius 3 is 3.00 bits per heavy atom. The minimum atomic E-state index is -0.268. The van der Waals surface area contributed by atoms with E-state index >= 15 is 0 Å². The molecule has 0 aliphatic heterocycles. The Labute approximate surface area is 86.0 Å². The van der Waals surface area contributed by atoms with Crippen molar-refractivity contribution >= 4 is 11.7 Å². The zero-order valence-corrected chi connectivity index (χ0v) is 7.92. The summed E-state index contributed by atoms with van der Waals surface area (Å²) < 4.78 is 0. The van der Waals surface area contributed by atoms with Gasteiger partial charge in [-0.1, -0.05) is 5.16 Å². The van der Waals surface area contributed by atoms with Crippen LogP contribution in [0.5, 0.6) is 0 Å². The Kier molecular flexibility index (Phi) is 4.02. The van der Waals surface area contributed by atoms with Crippen LogP contribution < -0.4 is 11.1 Å². The van der Waals surface area contributed by atoms with Crippen LogP contribution in [0.3, 0.4) is 0 Å². The molecule has 1 aromatic rings. The molecule has 0 aliphatic carbocycles. The van der Waals surface area contributed by atoms with E-state index in [0.717, 1.165) is 0 Å². The Bertz CT molecular complexity index is 351. The van der Waals surface area contributed by atoms with Gasteiger partial charge >= 0.3 is 0 Å². The molecule has 0 saturated heterocycles. The summed E-state index contributed by atoms with van der Waals surface area (Å²) in [5.74, 6) is -0.196. The van der Waals surface area contributed by atoms with E-state index in [2.05, 4.69) is 20.7 Å². The lowest BCUT2D eigenvalue weighted by Gasteiger charge is -2.03. The van der Waals surface area contributed by atoms with Crippen LogP contribution in [0, 0.1) is 0 Å². The fraction of sp³-hybridized carbons (Fsp3) is 0.250. The number of nitrogens with one attached hydrogen (secondary N) is 1. The van der Waals surface area contributed by atoms with E-state index in [1.165, 1.54) is 12.4 Å². The molecule has 0 bridgehead atoms. The molecular weight excluding hydrogens is 198 g/mol. The average molecular weight is 209 g/mol. The fourth-order valence-electron chi connectivity index (χ4n) is 0.881. The molecule has 1 rings (SSSR count). The van der Waals surface area contributed by atoms with Crippen LogP contribution in [0.1, 0.15) is 16.8 Å². The van der Waals surface area contributed by atoms with Gasteiger partial charge in [-0.15, -0.1) is 0 Å². The molecule has 0 saturated carbocycles. The minimum absolute atomic E-state index is 0.0724. The third-order valence-corrected chi connectivity index (χ3v) is 1.64. The van der Waals surface area contributed by atoms with E-state index in [4.69, 9.17) is 10.9 Å². The van der Waals surface area contributed by atoms with Crippen LogP contribution in [0.15, 0.2) is 23.6 Å². The number of hydrogen-bond donors (Lipinski definition) is 3. The van der Waals surface area contributed by atoms with Gasteiger partial charge in [0.05, 0.1) is 18.0 Å². The van der Waals surface area contributed by atoms with E-state index in [0.29, 0.717) is 18.5 Å². The predicted octanol–water partition coefficient (Wildman–Crippen LogP) is -0.657. The summed E-state index contributed by atoms with van der Waals surface area (Å²) in [6.07, 6.45) is 3.08. The Morgan fingerprint density at radius 2 is 2.40 bits per heavy atom. The minimum Gasteiger partial charge on any atom is -0.409 e. The van der Waals surface area contributed by atoms with Crippen molar-refractivity contribution < 1.29 is 10.0 Å². The number of hydrogen-bond acceptors (Lipinski definition) is 5. The molecule has 0 spiro atoms. The van der Waals surface area contributed by atoms with Crippen molar-refractivity contribution in [2.24, 2.45) is 10.9 Å². The molecule has 0 aliphatic rings. The number of nitrogens with two attached hydrogens (primary N) is 1. The van der Waals surface area contributed by atoms with Crippen molar-refractivity contribution in [3.8, 4) is 0 Å². The lowest BCUT2D eigenvalue weighted by molar-refractivity contribution is 0.0954. The van der Waals surface area contributed by atoms with Gasteiger partial charge in [0.25, 0.3) is 5.91 Å². The molecule has 7 nitrogen and oxygen atoms in total. The number of nitrogens with zero attached hydrogens (tertiary/aromatic N) is 3. The third-order valence-electron chi connectivity index (χ3n) is 1.64. The molecule has 0 unspecified atom stereocenters. The molecule has 15 heavy (non-hydrogen) atoms. The highest BCUT2D eigenvalue weighted by Crippen LogP contribution is 1.93. The average Bonchev–Trinajstić information content (AvgIpc) is 2.29. The van der Waals surface area contributed by atoms with Crippen LogP contribution in [-0.4, -0.2) is 33.7 Å². The first-order valence-corrected chi connectivity index (χ1v) is 4.25. The lowest BCUT2D eigenvalue weighted by atomic mass is 10.3. The van der Waals surface area contributed by atoms with Crippen molar-refractivity contribution in [1.82, 2.24) is 15.5 Å². The summed E-state index contributed by atoms with van der Waals surface area (Å²) in [6, 6.07) is 1.55. The van der Waals surface area contributed by atoms with Gasteiger partial charge < -0.3 is 16.3 Å². The van der Waals surface area contributed by atoms with E-state index in [-0.39, 0.29) is 11.7 Å². The standard InChI is InChI=1S/C8H11N5O2/c9-7(13-15)2-3-10-8(14)6-1-4-11-12-5-6/h1,4-5,15H,2-3H2,(H2,9,13)(H,10,14). The van der Waals surface area contributed by atoms with Crippen LogP contribution >= 0.6 is 0 Å². The van der Waals surface area contributed by atoms with Crippen LogP contribution in [0.2, 0.25) is 0 Å². The third kappa shape index (κ3) is 3.59. The Morgan fingerprint density at radius 1 is 1.60 bits per heavy atom. The molecule has 1 heterocycles. The SMILES string of the molecule is N/C(CCNC(=O)c1ccnnc1)=N/O. The molecule has 1 aromatic heterocycles. The zero-order chi connectivity index (χ0) is 11.1. The maximum Gasteiger partial charge on any atom is 0.252 e. The summed E-state index contributed by atoms with van der Waals surface area (Å²) in [5.41, 5.74) is 5.65. The monoisotopic (exact) mass is 209 g/mol. The highest BCUT2D eigenvalue weighted by molar-refractivity contribution is 5.94. The number of amides is 1. The van der Waals surface area contributed by atoms with Crippen molar-refractivity contribution in [1.29, 1.82) is 0 Å². The van der Waals surface area contributed by atoms with E-state index in [9.17, 15) is 4.79 Å². The van der Waals surface area contributed by atoms with Gasteiger partial charge in [-0.3, -0.25) is 4.79 Å². The normalized spacial score (nSPS) is 11.1. The van der Waals surface area contributed by atoms with Crippen LogP contribution in [0.4, 0.5) is 0 Å². The molecule has 0 aromatic carbocycles. The first kappa shape index (κ1) is 10.9. The molecule has 0 atom stereocenters. The second kappa shape index (κ2) is 5.53. The van der Waals surface area contributed by atoms with Crippen LogP contribution in [0.25, 0.3) is 0 Å². The fourth-order valence-corrected chi connectivity index (χ4v) is 0.881. The summed E-state index contributed by atoms with van der Waals surface area (Å²) in [6.45, 7) is 0.303. The summed E-state index contributed by atoms with van der Waals surface area (Å²) in [7, 11) is 0. The molecule has 4 N–H and O–H groups in total. The Balaban J connectivity index is 2.38. The van der Waals surface area contributed by atoms with E-state index in [1.807, 2.05) is 0 Å². The summed E-state index contributed by atoms with van der Waals surface area (Å²) in [5, 5.41) is 20.7. The van der Waals surface area contributed by atoms with Gasteiger partial charge in [-0.2, -0.15) is 10.2 Å². The highest BCUT2D eigenvalue weighted by Gasteiger charge is 2.04. The maximum absolute atomic E-state index is 11.4. The van der Waals surface area contributed by atoms with Gasteiger partial charge in [0.1, 0.15) is 5.84 Å². The first-order valence-electron chi connectivity index (χ1n) is 4.25. The molecule has 7 heteroatoms. The first-order chi connectivity index (χ1) is 7.24. The second-order valence-electron chi connectivity index (χ2n) is 2.73. The van der Waals surface area contributed by atoms with Gasteiger partial charge in [-0.25, -0.2) is 0 Å². The van der Waals surface area contributed by atoms with Crippen LogP contribution in [-0.2, 0) is 0 Å². The smallest absolute Gasteiger partial charge is 0.252 e. The van der Waals surface area contributed by atoms with Gasteiger partial charge in [-0.05, 0) is 6.07 Å². The van der Waals surface area contributed by atoms with Gasteiger partial charge in [0, 0.05) is 13.0 Å².